The summed E-state index contributed by atoms with van der Waals surface area (Å²) in [6.45, 7) is 1.73. The highest BCUT2D eigenvalue weighted by atomic mass is 35.5. The third-order valence-electron chi connectivity index (χ3n) is 3.49. The molecule has 2 aromatic carbocycles. The molecular weight excluding hydrogens is 337 g/mol. The van der Waals surface area contributed by atoms with Crippen LogP contribution in [-0.4, -0.2) is 11.6 Å². The number of anilines is 1. The fraction of sp³-hybridized carbons (Fsp3) is 0.0588. The van der Waals surface area contributed by atoms with Crippen molar-refractivity contribution in [2.75, 3.05) is 5.73 Å². The first kappa shape index (κ1) is 15.6. The van der Waals surface area contributed by atoms with Crippen molar-refractivity contribution in [3.63, 3.8) is 0 Å². The van der Waals surface area contributed by atoms with E-state index in [9.17, 15) is 9.59 Å². The number of nitrogen functional groups attached to an aromatic ring is 1. The summed E-state index contributed by atoms with van der Waals surface area (Å²) in [4.78, 5) is 24.9. The molecule has 0 heterocycles. The summed E-state index contributed by atoms with van der Waals surface area (Å²) in [7, 11) is 0. The van der Waals surface area contributed by atoms with Gasteiger partial charge in [0.2, 0.25) is 11.6 Å². The number of carbonyl (C=O) groups excluding carboxylic acids is 2. The van der Waals surface area contributed by atoms with E-state index in [2.05, 4.69) is 0 Å². The SMILES string of the molecule is Cc1cc(Cl)cc(N)c1OC1=C(Cl)C(=O)c2ccccc2C1=O. The Balaban J connectivity index is 2.09. The predicted molar refractivity (Wildman–Crippen MR) is 89.2 cm³/mol. The Morgan fingerprint density at radius 2 is 1.61 bits per heavy atom. The van der Waals surface area contributed by atoms with Crippen molar-refractivity contribution in [2.24, 2.45) is 0 Å². The number of Topliss-reactive ketones (excluding diaryl/α,β-unsaturated/α-hetero) is 2. The summed E-state index contributed by atoms with van der Waals surface area (Å²) in [6.07, 6.45) is 0. The number of allylic oxidation sites excluding steroid dienone is 2. The van der Waals surface area contributed by atoms with Crippen LogP contribution >= 0.6 is 23.2 Å². The van der Waals surface area contributed by atoms with E-state index in [0.717, 1.165) is 0 Å². The van der Waals surface area contributed by atoms with Crippen molar-refractivity contribution < 1.29 is 14.3 Å². The molecule has 0 aromatic heterocycles. The molecule has 6 heteroatoms. The summed E-state index contributed by atoms with van der Waals surface area (Å²) >= 11 is 12.0. The normalized spacial score (nSPS) is 14.0. The molecule has 0 unspecified atom stereocenters. The second-order valence-corrected chi connectivity index (χ2v) is 5.90. The van der Waals surface area contributed by atoms with Crippen molar-refractivity contribution >= 4 is 40.5 Å². The van der Waals surface area contributed by atoms with Crippen LogP contribution in [0.1, 0.15) is 26.3 Å². The average molecular weight is 348 g/mol. The Bertz CT molecular complexity index is 864. The van der Waals surface area contributed by atoms with Gasteiger partial charge in [-0.25, -0.2) is 0 Å². The van der Waals surface area contributed by atoms with E-state index in [1.165, 1.54) is 6.07 Å². The highest BCUT2D eigenvalue weighted by molar-refractivity contribution is 6.49. The maximum Gasteiger partial charge on any atom is 0.230 e. The summed E-state index contributed by atoms with van der Waals surface area (Å²) < 4.78 is 5.62. The zero-order chi connectivity index (χ0) is 16.7. The van der Waals surface area contributed by atoms with E-state index in [1.807, 2.05) is 0 Å². The molecule has 0 fully saturated rings. The van der Waals surface area contributed by atoms with Gasteiger partial charge in [-0.15, -0.1) is 0 Å². The number of nitrogens with two attached hydrogens (primary N) is 1. The Morgan fingerprint density at radius 3 is 2.22 bits per heavy atom. The van der Waals surface area contributed by atoms with Gasteiger partial charge < -0.3 is 10.5 Å². The van der Waals surface area contributed by atoms with Gasteiger partial charge in [-0.3, -0.25) is 9.59 Å². The number of fused-ring (bicyclic) bond motifs is 1. The van der Waals surface area contributed by atoms with Crippen molar-refractivity contribution in [3.05, 3.63) is 68.9 Å². The third kappa shape index (κ3) is 2.60. The Labute approximate surface area is 142 Å². The molecular formula is C17H11Cl2NO3. The van der Waals surface area contributed by atoms with E-state index < -0.39 is 11.6 Å². The Kier molecular flexibility index (Phi) is 3.88. The summed E-state index contributed by atoms with van der Waals surface area (Å²) in [5, 5.41) is 0.186. The molecule has 0 radical (unpaired) electrons. The number of ether oxygens (including phenoxy) is 1. The number of benzene rings is 2. The maximum absolute atomic E-state index is 12.6. The molecule has 0 saturated heterocycles. The van der Waals surface area contributed by atoms with Gasteiger partial charge in [0.25, 0.3) is 0 Å². The number of ketones is 2. The molecule has 116 valence electrons. The Hall–Kier alpha value is -2.30. The minimum absolute atomic E-state index is 0.229. The predicted octanol–water partition coefficient (Wildman–Crippen LogP) is 4.14. The number of hydrogen-bond donors (Lipinski definition) is 1. The molecule has 4 nitrogen and oxygen atoms in total. The van der Waals surface area contributed by atoms with Gasteiger partial charge in [0.15, 0.2) is 11.5 Å². The van der Waals surface area contributed by atoms with Crippen molar-refractivity contribution in [2.45, 2.75) is 6.92 Å². The highest BCUT2D eigenvalue weighted by Crippen LogP contribution is 2.35. The van der Waals surface area contributed by atoms with Gasteiger partial charge in [0, 0.05) is 16.1 Å². The van der Waals surface area contributed by atoms with E-state index in [0.29, 0.717) is 10.6 Å². The molecule has 1 aliphatic carbocycles. The van der Waals surface area contributed by atoms with Crippen LogP contribution in [0.5, 0.6) is 5.75 Å². The molecule has 0 amide bonds. The van der Waals surface area contributed by atoms with Crippen LogP contribution in [0.2, 0.25) is 5.02 Å². The van der Waals surface area contributed by atoms with Gasteiger partial charge in [0.1, 0.15) is 5.03 Å². The highest BCUT2D eigenvalue weighted by Gasteiger charge is 2.33. The standard InChI is InChI=1S/C17H11Cl2NO3/c1-8-6-9(18)7-12(20)16(8)23-17-13(19)14(21)10-4-2-3-5-11(10)15(17)22/h2-7H,20H2,1H3. The first-order valence-electron chi connectivity index (χ1n) is 6.72. The minimum atomic E-state index is -0.459. The number of rotatable bonds is 2. The molecule has 23 heavy (non-hydrogen) atoms. The summed E-state index contributed by atoms with van der Waals surface area (Å²) in [6, 6.07) is 9.59. The molecule has 0 atom stereocenters. The van der Waals surface area contributed by atoms with E-state index in [1.54, 1.807) is 37.3 Å². The van der Waals surface area contributed by atoms with Crippen LogP contribution in [0.15, 0.2) is 47.2 Å². The number of hydrogen-bond acceptors (Lipinski definition) is 4. The molecule has 2 aromatic rings. The first-order chi connectivity index (χ1) is 10.9. The van der Waals surface area contributed by atoms with Gasteiger partial charge in [-0.1, -0.05) is 47.5 Å². The lowest BCUT2D eigenvalue weighted by atomic mass is 9.93. The maximum atomic E-state index is 12.6. The molecule has 0 aliphatic heterocycles. The second-order valence-electron chi connectivity index (χ2n) is 5.09. The van der Waals surface area contributed by atoms with E-state index >= 15 is 0 Å². The number of halogens is 2. The van der Waals surface area contributed by atoms with Crippen molar-refractivity contribution in [1.29, 1.82) is 0 Å². The van der Waals surface area contributed by atoms with Gasteiger partial charge in [-0.05, 0) is 24.6 Å². The van der Waals surface area contributed by atoms with Gasteiger partial charge in [0.05, 0.1) is 5.69 Å². The van der Waals surface area contributed by atoms with Crippen LogP contribution < -0.4 is 10.5 Å². The van der Waals surface area contributed by atoms with Crippen LogP contribution in [0.4, 0.5) is 5.69 Å². The lowest BCUT2D eigenvalue weighted by Gasteiger charge is -2.19. The zero-order valence-corrected chi connectivity index (χ0v) is 13.5. The number of aryl methyl sites for hydroxylation is 1. The lowest BCUT2D eigenvalue weighted by molar-refractivity contribution is 0.0943. The quantitative estimate of drug-likeness (QED) is 0.828. The molecule has 0 spiro atoms. The van der Waals surface area contributed by atoms with Crippen LogP contribution in [0, 0.1) is 6.92 Å². The van der Waals surface area contributed by atoms with Crippen molar-refractivity contribution in [3.8, 4) is 5.75 Å². The van der Waals surface area contributed by atoms with Crippen molar-refractivity contribution in [1.82, 2.24) is 0 Å². The third-order valence-corrected chi connectivity index (χ3v) is 4.06. The van der Waals surface area contributed by atoms with Crippen LogP contribution in [0.3, 0.4) is 0 Å². The summed E-state index contributed by atoms with van der Waals surface area (Å²) in [5.74, 6) is -0.892. The van der Waals surface area contributed by atoms with Gasteiger partial charge >= 0.3 is 0 Å². The van der Waals surface area contributed by atoms with E-state index in [-0.39, 0.29) is 33.4 Å². The molecule has 3 rings (SSSR count). The fourth-order valence-electron chi connectivity index (χ4n) is 2.41. The smallest absolute Gasteiger partial charge is 0.230 e. The molecule has 1 aliphatic rings. The monoisotopic (exact) mass is 347 g/mol. The molecule has 0 bridgehead atoms. The van der Waals surface area contributed by atoms with Gasteiger partial charge in [-0.2, -0.15) is 0 Å². The molecule has 0 saturated carbocycles. The average Bonchev–Trinajstić information content (AvgIpc) is 2.51. The Morgan fingerprint density at radius 1 is 1.00 bits per heavy atom. The fourth-order valence-corrected chi connectivity index (χ4v) is 2.92. The first-order valence-corrected chi connectivity index (χ1v) is 7.47. The molecule has 2 N–H and O–H groups in total. The largest absolute Gasteiger partial charge is 0.449 e. The number of carbonyl (C=O) groups is 2. The topological polar surface area (TPSA) is 69.4 Å². The summed E-state index contributed by atoms with van der Waals surface area (Å²) in [5.41, 5.74) is 7.29. The lowest BCUT2D eigenvalue weighted by Crippen LogP contribution is -2.23. The second kappa shape index (κ2) is 5.72. The van der Waals surface area contributed by atoms with E-state index in [4.69, 9.17) is 33.7 Å². The van der Waals surface area contributed by atoms with Crippen LogP contribution in [0.25, 0.3) is 0 Å². The zero-order valence-electron chi connectivity index (χ0n) is 12.0. The minimum Gasteiger partial charge on any atom is -0.449 e. The van der Waals surface area contributed by atoms with Crippen LogP contribution in [-0.2, 0) is 0 Å².